The Kier molecular flexibility index (Phi) is 3.13. The molecule has 0 aromatic rings. The molecule has 0 amide bonds. The summed E-state index contributed by atoms with van der Waals surface area (Å²) in [6.45, 7) is 2.73. The second-order valence-electron chi connectivity index (χ2n) is 3.22. The standard InChI is InChI=1S/C8H14N2O3/c1-6(11)4-7(12)8(9)5-10-2-3-13-8/h10H,2-5,9H2,1H3. The van der Waals surface area contributed by atoms with Crippen LogP contribution in [0.3, 0.4) is 0 Å². The van der Waals surface area contributed by atoms with Crippen molar-refractivity contribution in [1.82, 2.24) is 5.32 Å². The van der Waals surface area contributed by atoms with Crippen LogP contribution in [0.2, 0.25) is 0 Å². The van der Waals surface area contributed by atoms with Crippen LogP contribution in [0.25, 0.3) is 0 Å². The molecule has 0 radical (unpaired) electrons. The summed E-state index contributed by atoms with van der Waals surface area (Å²) >= 11 is 0. The Morgan fingerprint density at radius 2 is 2.31 bits per heavy atom. The third-order valence-electron chi connectivity index (χ3n) is 1.91. The molecule has 1 heterocycles. The highest BCUT2D eigenvalue weighted by molar-refractivity contribution is 6.02. The lowest BCUT2D eigenvalue weighted by Gasteiger charge is -2.32. The highest BCUT2D eigenvalue weighted by atomic mass is 16.5. The van der Waals surface area contributed by atoms with Crippen LogP contribution in [0.15, 0.2) is 0 Å². The van der Waals surface area contributed by atoms with Crippen LogP contribution in [0.4, 0.5) is 0 Å². The quantitative estimate of drug-likeness (QED) is 0.542. The molecule has 5 heteroatoms. The van der Waals surface area contributed by atoms with Gasteiger partial charge < -0.3 is 10.1 Å². The Balaban J connectivity index is 2.56. The maximum absolute atomic E-state index is 11.4. The number of nitrogens with two attached hydrogens (primary N) is 1. The SMILES string of the molecule is CC(=O)CC(=O)C1(N)CNCCO1. The van der Waals surface area contributed by atoms with Gasteiger partial charge in [-0.3, -0.25) is 15.3 Å². The average molecular weight is 186 g/mol. The van der Waals surface area contributed by atoms with E-state index in [0.29, 0.717) is 13.2 Å². The molecule has 1 atom stereocenters. The zero-order valence-electron chi connectivity index (χ0n) is 7.63. The molecule has 0 spiro atoms. The highest BCUT2D eigenvalue weighted by Gasteiger charge is 2.36. The van der Waals surface area contributed by atoms with E-state index in [9.17, 15) is 9.59 Å². The molecule has 1 rings (SSSR count). The van der Waals surface area contributed by atoms with Gasteiger partial charge in [-0.1, -0.05) is 0 Å². The van der Waals surface area contributed by atoms with Crippen molar-refractivity contribution in [3.63, 3.8) is 0 Å². The van der Waals surface area contributed by atoms with E-state index < -0.39 is 5.72 Å². The van der Waals surface area contributed by atoms with Crippen LogP contribution in [0, 0.1) is 0 Å². The lowest BCUT2D eigenvalue weighted by molar-refractivity contribution is -0.149. The number of ketones is 2. The third kappa shape index (κ3) is 2.58. The van der Waals surface area contributed by atoms with Crippen molar-refractivity contribution < 1.29 is 14.3 Å². The van der Waals surface area contributed by atoms with E-state index in [4.69, 9.17) is 10.5 Å². The zero-order valence-corrected chi connectivity index (χ0v) is 7.63. The van der Waals surface area contributed by atoms with Crippen molar-refractivity contribution in [2.45, 2.75) is 19.1 Å². The van der Waals surface area contributed by atoms with Crippen LogP contribution in [0.5, 0.6) is 0 Å². The van der Waals surface area contributed by atoms with Crippen molar-refractivity contribution in [3.8, 4) is 0 Å². The minimum atomic E-state index is -1.30. The molecule has 0 aromatic carbocycles. The minimum Gasteiger partial charge on any atom is -0.351 e. The van der Waals surface area contributed by atoms with E-state index in [1.54, 1.807) is 0 Å². The van der Waals surface area contributed by atoms with Gasteiger partial charge in [-0.2, -0.15) is 0 Å². The number of hydrogen-bond acceptors (Lipinski definition) is 5. The summed E-state index contributed by atoms with van der Waals surface area (Å²) in [6.07, 6.45) is -0.155. The predicted octanol–water partition coefficient (Wildman–Crippen LogP) is -1.19. The first-order valence-corrected chi connectivity index (χ1v) is 4.21. The van der Waals surface area contributed by atoms with E-state index >= 15 is 0 Å². The number of ether oxygens (including phenoxy) is 1. The van der Waals surface area contributed by atoms with Crippen LogP contribution in [-0.2, 0) is 14.3 Å². The van der Waals surface area contributed by atoms with Crippen LogP contribution in [0.1, 0.15) is 13.3 Å². The second-order valence-corrected chi connectivity index (χ2v) is 3.22. The number of nitrogens with one attached hydrogen (secondary N) is 1. The fourth-order valence-corrected chi connectivity index (χ4v) is 1.19. The molecule has 1 aliphatic rings. The maximum atomic E-state index is 11.4. The summed E-state index contributed by atoms with van der Waals surface area (Å²) in [6, 6.07) is 0. The molecule has 1 aliphatic heterocycles. The van der Waals surface area contributed by atoms with Gasteiger partial charge in [0.05, 0.1) is 13.0 Å². The Bertz CT molecular complexity index is 221. The third-order valence-corrected chi connectivity index (χ3v) is 1.91. The summed E-state index contributed by atoms with van der Waals surface area (Å²) in [4.78, 5) is 22.1. The minimum absolute atomic E-state index is 0.155. The first-order chi connectivity index (χ1) is 6.04. The average Bonchev–Trinajstić information content (AvgIpc) is 2.04. The molecule has 0 bridgehead atoms. The molecule has 1 saturated heterocycles. The molecule has 0 aromatic heterocycles. The Hall–Kier alpha value is -0.780. The lowest BCUT2D eigenvalue weighted by atomic mass is 10.0. The highest BCUT2D eigenvalue weighted by Crippen LogP contribution is 2.09. The van der Waals surface area contributed by atoms with Gasteiger partial charge in [-0.25, -0.2) is 0 Å². The van der Waals surface area contributed by atoms with Gasteiger partial charge in [-0.15, -0.1) is 0 Å². The van der Waals surface area contributed by atoms with Gasteiger partial charge in [0.25, 0.3) is 0 Å². The van der Waals surface area contributed by atoms with Gasteiger partial charge in [0, 0.05) is 13.1 Å². The smallest absolute Gasteiger partial charge is 0.188 e. The molecule has 1 fully saturated rings. The number of carbonyl (C=O) groups excluding carboxylic acids is 2. The molecule has 74 valence electrons. The number of rotatable bonds is 3. The molecule has 1 unspecified atom stereocenters. The summed E-state index contributed by atoms with van der Waals surface area (Å²) in [5.41, 5.74) is 4.36. The Morgan fingerprint density at radius 3 is 2.77 bits per heavy atom. The lowest BCUT2D eigenvalue weighted by Crippen LogP contribution is -2.61. The van der Waals surface area contributed by atoms with Crippen molar-refractivity contribution in [2.24, 2.45) is 5.73 Å². The van der Waals surface area contributed by atoms with Crippen molar-refractivity contribution in [1.29, 1.82) is 0 Å². The fraction of sp³-hybridized carbons (Fsp3) is 0.750. The van der Waals surface area contributed by atoms with Gasteiger partial charge in [0.2, 0.25) is 0 Å². The first-order valence-electron chi connectivity index (χ1n) is 4.21. The molecular formula is C8H14N2O3. The summed E-state index contributed by atoms with van der Waals surface area (Å²) in [5, 5.41) is 2.95. The van der Waals surface area contributed by atoms with Gasteiger partial charge >= 0.3 is 0 Å². The van der Waals surface area contributed by atoms with E-state index in [2.05, 4.69) is 5.32 Å². The van der Waals surface area contributed by atoms with E-state index in [0.717, 1.165) is 0 Å². The number of carbonyl (C=O) groups is 2. The summed E-state index contributed by atoms with van der Waals surface area (Å²) in [7, 11) is 0. The predicted molar refractivity (Wildman–Crippen MR) is 46.0 cm³/mol. The van der Waals surface area contributed by atoms with E-state index in [1.165, 1.54) is 6.92 Å². The first kappa shape index (κ1) is 10.3. The molecule has 0 saturated carbocycles. The van der Waals surface area contributed by atoms with Crippen molar-refractivity contribution in [3.05, 3.63) is 0 Å². The fourth-order valence-electron chi connectivity index (χ4n) is 1.19. The zero-order chi connectivity index (χ0) is 9.90. The number of Topliss-reactive ketones (excluding diaryl/α,β-unsaturated/α-hetero) is 2. The van der Waals surface area contributed by atoms with Crippen molar-refractivity contribution in [2.75, 3.05) is 19.7 Å². The van der Waals surface area contributed by atoms with E-state index in [1.807, 2.05) is 0 Å². The Labute approximate surface area is 76.6 Å². The largest absolute Gasteiger partial charge is 0.351 e. The monoisotopic (exact) mass is 186 g/mol. The topological polar surface area (TPSA) is 81.4 Å². The molecular weight excluding hydrogens is 172 g/mol. The molecule has 5 nitrogen and oxygen atoms in total. The second kappa shape index (κ2) is 3.95. The van der Waals surface area contributed by atoms with Crippen LogP contribution in [-0.4, -0.2) is 37.0 Å². The summed E-state index contributed by atoms with van der Waals surface area (Å²) < 4.78 is 5.14. The van der Waals surface area contributed by atoms with Crippen molar-refractivity contribution >= 4 is 11.6 Å². The normalized spacial score (nSPS) is 28.5. The van der Waals surface area contributed by atoms with Gasteiger partial charge in [-0.05, 0) is 6.92 Å². The summed E-state index contributed by atoms with van der Waals surface area (Å²) in [5.74, 6) is -0.545. The van der Waals surface area contributed by atoms with E-state index in [-0.39, 0.29) is 24.5 Å². The van der Waals surface area contributed by atoms with Gasteiger partial charge in [0.1, 0.15) is 5.78 Å². The maximum Gasteiger partial charge on any atom is 0.188 e. The van der Waals surface area contributed by atoms with Crippen LogP contribution < -0.4 is 11.1 Å². The Morgan fingerprint density at radius 1 is 1.62 bits per heavy atom. The van der Waals surface area contributed by atoms with Gasteiger partial charge in [0.15, 0.2) is 11.5 Å². The molecule has 3 N–H and O–H groups in total. The molecule has 0 aliphatic carbocycles. The number of morpholine rings is 1. The molecule has 13 heavy (non-hydrogen) atoms. The number of hydrogen-bond donors (Lipinski definition) is 2. The van der Waals surface area contributed by atoms with Crippen LogP contribution >= 0.6 is 0 Å².